The summed E-state index contributed by atoms with van der Waals surface area (Å²) in [5.74, 6) is 0.0992. The highest BCUT2D eigenvalue weighted by Gasteiger charge is 2.25. The number of amides is 1. The first-order valence-electron chi connectivity index (χ1n) is 5.53. The van der Waals surface area contributed by atoms with Gasteiger partial charge in [0.1, 0.15) is 0 Å². The Kier molecular flexibility index (Phi) is 4.63. The third-order valence-electron chi connectivity index (χ3n) is 2.60. The number of carbonyl (C=O) groups excluding carboxylic acids is 1. The molecule has 6 heteroatoms. The van der Waals surface area contributed by atoms with Crippen molar-refractivity contribution >= 4 is 49.1 Å². The van der Waals surface area contributed by atoms with Crippen molar-refractivity contribution in [2.45, 2.75) is 38.4 Å². The van der Waals surface area contributed by atoms with Crippen molar-refractivity contribution in [3.63, 3.8) is 0 Å². The molecule has 1 aliphatic rings. The van der Waals surface area contributed by atoms with Crippen molar-refractivity contribution in [1.29, 1.82) is 0 Å². The summed E-state index contributed by atoms with van der Waals surface area (Å²) in [6.07, 6.45) is 2.26. The maximum atomic E-state index is 11.7. The first kappa shape index (κ1) is 13.5. The molecule has 0 aromatic carbocycles. The van der Waals surface area contributed by atoms with Gasteiger partial charge in [-0.2, -0.15) is 0 Å². The Morgan fingerprint density at radius 1 is 1.59 bits per heavy atom. The van der Waals surface area contributed by atoms with Crippen LogP contribution in [0, 0.1) is 0 Å². The Hall–Kier alpha value is 0.0900. The zero-order valence-electron chi connectivity index (χ0n) is 9.43. The summed E-state index contributed by atoms with van der Waals surface area (Å²) < 4.78 is 2.15. The molecule has 1 atom stereocenters. The highest BCUT2D eigenvalue weighted by atomic mass is 79.9. The number of halogens is 2. The van der Waals surface area contributed by atoms with E-state index in [1.165, 1.54) is 4.88 Å². The Bertz CT molecular complexity index is 398. The molecule has 94 valence electrons. The largest absolute Gasteiger partial charge is 0.352 e. The van der Waals surface area contributed by atoms with E-state index in [2.05, 4.69) is 48.6 Å². The van der Waals surface area contributed by atoms with Crippen LogP contribution in [0.1, 0.15) is 24.6 Å². The molecule has 1 aromatic heterocycles. The molecular formula is C11H14Br2N2OS. The van der Waals surface area contributed by atoms with Crippen LogP contribution in [0.15, 0.2) is 14.3 Å². The molecule has 1 heterocycles. The molecule has 3 nitrogen and oxygen atoms in total. The molecule has 1 saturated carbocycles. The summed E-state index contributed by atoms with van der Waals surface area (Å²) >= 11 is 8.58. The number of thiophene rings is 1. The van der Waals surface area contributed by atoms with Gasteiger partial charge in [-0.15, -0.1) is 11.3 Å². The van der Waals surface area contributed by atoms with Gasteiger partial charge in [0.05, 0.1) is 9.83 Å². The molecule has 2 N–H and O–H groups in total. The monoisotopic (exact) mass is 380 g/mol. The van der Waals surface area contributed by atoms with Gasteiger partial charge in [0.2, 0.25) is 5.91 Å². The van der Waals surface area contributed by atoms with E-state index < -0.39 is 0 Å². The molecule has 1 amide bonds. The average molecular weight is 382 g/mol. The van der Waals surface area contributed by atoms with E-state index in [1.54, 1.807) is 11.3 Å². The minimum atomic E-state index is -0.143. The first-order chi connectivity index (χ1) is 8.06. The summed E-state index contributed by atoms with van der Waals surface area (Å²) in [7, 11) is 0. The number of carbonyl (C=O) groups is 1. The lowest BCUT2D eigenvalue weighted by molar-refractivity contribution is -0.122. The highest BCUT2D eigenvalue weighted by Crippen LogP contribution is 2.32. The molecule has 1 fully saturated rings. The van der Waals surface area contributed by atoms with Gasteiger partial charge in [-0.25, -0.2) is 0 Å². The van der Waals surface area contributed by atoms with Crippen LogP contribution in [0.25, 0.3) is 0 Å². The molecule has 17 heavy (non-hydrogen) atoms. The van der Waals surface area contributed by atoms with E-state index in [0.29, 0.717) is 12.6 Å². The molecule has 0 aliphatic heterocycles. The third kappa shape index (κ3) is 4.05. The lowest BCUT2D eigenvalue weighted by Crippen LogP contribution is -2.42. The van der Waals surface area contributed by atoms with Crippen LogP contribution in [0.3, 0.4) is 0 Å². The molecule has 0 radical (unpaired) electrons. The molecule has 0 saturated heterocycles. The van der Waals surface area contributed by atoms with E-state index in [-0.39, 0.29) is 11.9 Å². The maximum absolute atomic E-state index is 11.7. The van der Waals surface area contributed by atoms with Crippen LogP contribution in [-0.2, 0) is 11.3 Å². The van der Waals surface area contributed by atoms with Crippen molar-refractivity contribution < 1.29 is 4.79 Å². The Morgan fingerprint density at radius 2 is 2.29 bits per heavy atom. The topological polar surface area (TPSA) is 41.1 Å². The fourth-order valence-corrected chi connectivity index (χ4v) is 3.51. The average Bonchev–Trinajstić information content (AvgIpc) is 3.03. The van der Waals surface area contributed by atoms with Crippen LogP contribution in [0.5, 0.6) is 0 Å². The lowest BCUT2D eigenvalue weighted by Gasteiger charge is -2.12. The summed E-state index contributed by atoms with van der Waals surface area (Å²) in [6.45, 7) is 2.61. The number of hydrogen-bond acceptors (Lipinski definition) is 3. The van der Waals surface area contributed by atoms with Gasteiger partial charge in [0, 0.05) is 21.9 Å². The zero-order valence-corrected chi connectivity index (χ0v) is 13.4. The van der Waals surface area contributed by atoms with Crippen LogP contribution >= 0.6 is 43.2 Å². The predicted octanol–water partition coefficient (Wildman–Crippen LogP) is 3.03. The van der Waals surface area contributed by atoms with Crippen molar-refractivity contribution in [1.82, 2.24) is 10.6 Å². The van der Waals surface area contributed by atoms with Gasteiger partial charge in [-0.05, 0) is 57.7 Å². The van der Waals surface area contributed by atoms with E-state index in [1.807, 2.05) is 6.92 Å². The van der Waals surface area contributed by atoms with Gasteiger partial charge in [0.25, 0.3) is 0 Å². The summed E-state index contributed by atoms with van der Waals surface area (Å²) in [5.41, 5.74) is 0. The molecule has 1 aromatic rings. The zero-order chi connectivity index (χ0) is 12.4. The van der Waals surface area contributed by atoms with Crippen LogP contribution < -0.4 is 10.6 Å². The van der Waals surface area contributed by atoms with Gasteiger partial charge < -0.3 is 10.6 Å². The number of rotatable bonds is 5. The molecule has 0 bridgehead atoms. The van der Waals surface area contributed by atoms with Gasteiger partial charge in [-0.3, -0.25) is 4.79 Å². The van der Waals surface area contributed by atoms with Gasteiger partial charge in [-0.1, -0.05) is 0 Å². The third-order valence-corrected chi connectivity index (χ3v) is 5.85. The second-order valence-corrected chi connectivity index (χ2v) is 7.53. The minimum absolute atomic E-state index is 0.0992. The number of hydrogen-bond donors (Lipinski definition) is 2. The fourth-order valence-electron chi connectivity index (χ4n) is 1.38. The number of nitrogens with one attached hydrogen (secondary N) is 2. The molecule has 2 rings (SSSR count). The van der Waals surface area contributed by atoms with Crippen LogP contribution in [-0.4, -0.2) is 18.0 Å². The smallest absolute Gasteiger partial charge is 0.237 e. The molecule has 0 spiro atoms. The van der Waals surface area contributed by atoms with Crippen molar-refractivity contribution in [2.75, 3.05) is 0 Å². The Labute approximate surface area is 122 Å². The second kappa shape index (κ2) is 5.82. The van der Waals surface area contributed by atoms with Crippen molar-refractivity contribution in [2.24, 2.45) is 0 Å². The lowest BCUT2D eigenvalue weighted by atomic mass is 10.3. The van der Waals surface area contributed by atoms with E-state index in [4.69, 9.17) is 0 Å². The normalized spacial score (nSPS) is 16.9. The molecular weight excluding hydrogens is 368 g/mol. The summed E-state index contributed by atoms with van der Waals surface area (Å²) in [4.78, 5) is 12.9. The predicted molar refractivity (Wildman–Crippen MR) is 77.2 cm³/mol. The highest BCUT2D eigenvalue weighted by molar-refractivity contribution is 9.13. The SMILES string of the molecule is CC(NCc1cc(Br)c(Br)s1)C(=O)NC1CC1. The maximum Gasteiger partial charge on any atom is 0.237 e. The molecule has 1 unspecified atom stereocenters. The Morgan fingerprint density at radius 3 is 2.82 bits per heavy atom. The van der Waals surface area contributed by atoms with Crippen molar-refractivity contribution in [3.05, 3.63) is 19.2 Å². The summed E-state index contributed by atoms with van der Waals surface area (Å²) in [5, 5.41) is 6.22. The van der Waals surface area contributed by atoms with E-state index in [9.17, 15) is 4.79 Å². The van der Waals surface area contributed by atoms with Gasteiger partial charge >= 0.3 is 0 Å². The van der Waals surface area contributed by atoms with Crippen molar-refractivity contribution in [3.8, 4) is 0 Å². The second-order valence-electron chi connectivity index (χ2n) is 4.22. The molecule has 1 aliphatic carbocycles. The quantitative estimate of drug-likeness (QED) is 0.822. The standard InChI is InChI=1S/C11H14Br2N2OS/c1-6(11(16)15-7-2-3-7)14-5-8-4-9(12)10(13)17-8/h4,6-7,14H,2-3,5H2,1H3,(H,15,16). The van der Waals surface area contributed by atoms with E-state index >= 15 is 0 Å². The van der Waals surface area contributed by atoms with Crippen LogP contribution in [0.2, 0.25) is 0 Å². The van der Waals surface area contributed by atoms with Crippen LogP contribution in [0.4, 0.5) is 0 Å². The Balaban J connectivity index is 1.78. The van der Waals surface area contributed by atoms with E-state index in [0.717, 1.165) is 21.1 Å². The minimum Gasteiger partial charge on any atom is -0.352 e. The fraction of sp³-hybridized carbons (Fsp3) is 0.545. The first-order valence-corrected chi connectivity index (χ1v) is 7.94. The van der Waals surface area contributed by atoms with Gasteiger partial charge in [0.15, 0.2) is 0 Å². The summed E-state index contributed by atoms with van der Waals surface area (Å²) in [6, 6.07) is 2.35.